The van der Waals surface area contributed by atoms with Gasteiger partial charge in [0, 0.05) is 11.3 Å². The van der Waals surface area contributed by atoms with Gasteiger partial charge in [0.25, 0.3) is 0 Å². The van der Waals surface area contributed by atoms with E-state index in [1.54, 1.807) is 0 Å². The Balaban J connectivity index is 2.13. The van der Waals surface area contributed by atoms with Crippen LogP contribution in [0, 0.1) is 13.8 Å². The third-order valence-corrected chi connectivity index (χ3v) is 4.53. The maximum atomic E-state index is 12.0. The highest BCUT2D eigenvalue weighted by Gasteiger charge is 2.20. The first-order valence-corrected chi connectivity index (χ1v) is 7.64. The minimum Gasteiger partial charge on any atom is -0.462 e. The van der Waals surface area contributed by atoms with Crippen LogP contribution >= 0.6 is 11.3 Å². The summed E-state index contributed by atoms with van der Waals surface area (Å²) in [5, 5.41) is 0. The number of carbonyl (C=O) groups excluding carboxylic acids is 1. The summed E-state index contributed by atoms with van der Waals surface area (Å²) < 4.78 is 7.11. The van der Waals surface area contributed by atoms with E-state index in [1.807, 2.05) is 24.4 Å². The van der Waals surface area contributed by atoms with Crippen LogP contribution in [0.5, 0.6) is 0 Å². The minimum atomic E-state index is -0.277. The predicted molar refractivity (Wildman–Crippen MR) is 83.9 cm³/mol. The third kappa shape index (κ3) is 2.34. The molecular formula is C16H16N2O2S. The van der Waals surface area contributed by atoms with E-state index in [0.717, 1.165) is 21.9 Å². The first-order valence-electron chi connectivity index (χ1n) is 6.82. The summed E-state index contributed by atoms with van der Waals surface area (Å²) in [4.78, 5) is 17.8. The summed E-state index contributed by atoms with van der Waals surface area (Å²) in [7, 11) is 0. The van der Waals surface area contributed by atoms with Crippen LogP contribution in [0.15, 0.2) is 30.5 Å². The monoisotopic (exact) mass is 300 g/mol. The van der Waals surface area contributed by atoms with Crippen molar-refractivity contribution in [3.05, 3.63) is 46.6 Å². The van der Waals surface area contributed by atoms with Gasteiger partial charge in [0.1, 0.15) is 4.88 Å². The lowest BCUT2D eigenvalue weighted by Crippen LogP contribution is -2.04. The molecule has 3 aromatic rings. The molecule has 0 radical (unpaired) electrons. The molecule has 2 aromatic heterocycles. The molecule has 4 nitrogen and oxygen atoms in total. The fourth-order valence-corrected chi connectivity index (χ4v) is 3.31. The zero-order chi connectivity index (χ0) is 15.0. The van der Waals surface area contributed by atoms with E-state index in [9.17, 15) is 4.79 Å². The molecule has 0 aliphatic carbocycles. The van der Waals surface area contributed by atoms with Gasteiger partial charge in [-0.1, -0.05) is 41.2 Å². The van der Waals surface area contributed by atoms with Crippen LogP contribution < -0.4 is 0 Å². The van der Waals surface area contributed by atoms with Gasteiger partial charge in [0.15, 0.2) is 4.96 Å². The molecule has 0 saturated carbocycles. The molecule has 0 saturated heterocycles. The molecule has 2 heterocycles. The summed E-state index contributed by atoms with van der Waals surface area (Å²) in [6.07, 6.45) is 1.85. The molecule has 3 rings (SSSR count). The summed E-state index contributed by atoms with van der Waals surface area (Å²) in [5.74, 6) is -0.277. The number of rotatable bonds is 3. The highest BCUT2D eigenvalue weighted by Crippen LogP contribution is 2.29. The lowest BCUT2D eigenvalue weighted by Gasteiger charge is -2.03. The highest BCUT2D eigenvalue weighted by molar-refractivity contribution is 7.19. The molecule has 5 heteroatoms. The van der Waals surface area contributed by atoms with Crippen molar-refractivity contribution in [3.63, 3.8) is 0 Å². The van der Waals surface area contributed by atoms with Crippen LogP contribution in [-0.4, -0.2) is 22.0 Å². The van der Waals surface area contributed by atoms with E-state index in [2.05, 4.69) is 36.2 Å². The molecule has 0 amide bonds. The van der Waals surface area contributed by atoms with Gasteiger partial charge in [-0.3, -0.25) is 4.40 Å². The zero-order valence-electron chi connectivity index (χ0n) is 12.2. The van der Waals surface area contributed by atoms with Crippen LogP contribution in [0.25, 0.3) is 16.2 Å². The Bertz CT molecular complexity index is 800. The number of aromatic nitrogens is 2. The predicted octanol–water partition coefficient (Wildman–Crippen LogP) is 3.86. The van der Waals surface area contributed by atoms with Crippen molar-refractivity contribution in [1.29, 1.82) is 0 Å². The second-order valence-corrected chi connectivity index (χ2v) is 5.84. The van der Waals surface area contributed by atoms with E-state index in [-0.39, 0.29) is 5.97 Å². The van der Waals surface area contributed by atoms with Crippen molar-refractivity contribution in [2.45, 2.75) is 20.8 Å². The molecule has 0 atom stereocenters. The van der Waals surface area contributed by atoms with Crippen LogP contribution in [0.1, 0.15) is 27.9 Å². The second-order valence-electron chi connectivity index (χ2n) is 4.86. The second kappa shape index (κ2) is 5.33. The number of fused-ring (bicyclic) bond motifs is 1. The number of esters is 1. The van der Waals surface area contributed by atoms with E-state index >= 15 is 0 Å². The molecule has 0 aliphatic heterocycles. The Morgan fingerprint density at radius 2 is 2.00 bits per heavy atom. The molecule has 108 valence electrons. The van der Waals surface area contributed by atoms with Crippen molar-refractivity contribution in [2.75, 3.05) is 6.61 Å². The number of hydrogen-bond acceptors (Lipinski definition) is 4. The Kier molecular flexibility index (Phi) is 3.51. The number of thiazole rings is 1. The van der Waals surface area contributed by atoms with Gasteiger partial charge in [0.05, 0.1) is 18.5 Å². The molecule has 1 aromatic carbocycles. The van der Waals surface area contributed by atoms with Crippen LogP contribution in [0.3, 0.4) is 0 Å². The quantitative estimate of drug-likeness (QED) is 0.690. The van der Waals surface area contributed by atoms with Crippen molar-refractivity contribution >= 4 is 22.3 Å². The minimum absolute atomic E-state index is 0.277. The summed E-state index contributed by atoms with van der Waals surface area (Å²) >= 11 is 1.37. The normalized spacial score (nSPS) is 11.0. The lowest BCUT2D eigenvalue weighted by atomic mass is 10.1. The smallest absolute Gasteiger partial charge is 0.350 e. The fraction of sp³-hybridized carbons (Fsp3) is 0.250. The van der Waals surface area contributed by atoms with Crippen molar-refractivity contribution < 1.29 is 9.53 Å². The number of hydrogen-bond donors (Lipinski definition) is 0. The van der Waals surface area contributed by atoms with Crippen LogP contribution in [-0.2, 0) is 4.74 Å². The SMILES string of the molecule is CCOC(=O)c1sc2ncc(-c3ccc(C)cc3)n2c1C. The molecule has 21 heavy (non-hydrogen) atoms. The standard InChI is InChI=1S/C16H16N2O2S/c1-4-20-15(19)14-11(3)18-13(9-17-16(18)21-14)12-7-5-10(2)6-8-12/h5-9H,4H2,1-3H3. The lowest BCUT2D eigenvalue weighted by molar-refractivity contribution is 0.0531. The van der Waals surface area contributed by atoms with Crippen molar-refractivity contribution in [1.82, 2.24) is 9.38 Å². The van der Waals surface area contributed by atoms with Gasteiger partial charge in [-0.15, -0.1) is 0 Å². The van der Waals surface area contributed by atoms with Crippen LogP contribution in [0.4, 0.5) is 0 Å². The van der Waals surface area contributed by atoms with E-state index < -0.39 is 0 Å². The molecule has 0 unspecified atom stereocenters. The average molecular weight is 300 g/mol. The number of carbonyl (C=O) groups is 1. The maximum absolute atomic E-state index is 12.0. The summed E-state index contributed by atoms with van der Waals surface area (Å²) in [5.41, 5.74) is 4.17. The third-order valence-electron chi connectivity index (χ3n) is 3.39. The largest absolute Gasteiger partial charge is 0.462 e. The van der Waals surface area contributed by atoms with Gasteiger partial charge in [-0.2, -0.15) is 0 Å². The maximum Gasteiger partial charge on any atom is 0.350 e. The van der Waals surface area contributed by atoms with Gasteiger partial charge >= 0.3 is 5.97 Å². The topological polar surface area (TPSA) is 43.6 Å². The number of aryl methyl sites for hydroxylation is 2. The van der Waals surface area contributed by atoms with E-state index in [4.69, 9.17) is 4.74 Å². The van der Waals surface area contributed by atoms with Crippen LogP contribution in [0.2, 0.25) is 0 Å². The molecule has 0 N–H and O–H groups in total. The number of benzene rings is 1. The Labute approximate surface area is 127 Å². The summed E-state index contributed by atoms with van der Waals surface area (Å²) in [6, 6.07) is 8.28. The van der Waals surface area contributed by atoms with E-state index in [0.29, 0.717) is 11.5 Å². The molecule has 0 spiro atoms. The van der Waals surface area contributed by atoms with Gasteiger partial charge in [0.2, 0.25) is 0 Å². The Morgan fingerprint density at radius 1 is 1.29 bits per heavy atom. The number of imidazole rings is 1. The van der Waals surface area contributed by atoms with Gasteiger partial charge in [-0.05, 0) is 20.8 Å². The Hall–Kier alpha value is -2.14. The molecule has 0 aliphatic rings. The number of ether oxygens (including phenoxy) is 1. The Morgan fingerprint density at radius 3 is 2.67 bits per heavy atom. The molecular weight excluding hydrogens is 284 g/mol. The highest BCUT2D eigenvalue weighted by atomic mass is 32.1. The zero-order valence-corrected chi connectivity index (χ0v) is 13.0. The average Bonchev–Trinajstić information content (AvgIpc) is 3.01. The first kappa shape index (κ1) is 13.8. The van der Waals surface area contributed by atoms with E-state index in [1.165, 1.54) is 16.9 Å². The summed E-state index contributed by atoms with van der Waals surface area (Å²) in [6.45, 7) is 6.17. The number of nitrogens with zero attached hydrogens (tertiary/aromatic N) is 2. The van der Waals surface area contributed by atoms with Gasteiger partial charge < -0.3 is 4.74 Å². The fourth-order valence-electron chi connectivity index (χ4n) is 2.31. The molecule has 0 fully saturated rings. The van der Waals surface area contributed by atoms with Crippen molar-refractivity contribution in [3.8, 4) is 11.3 Å². The van der Waals surface area contributed by atoms with Crippen molar-refractivity contribution in [2.24, 2.45) is 0 Å². The molecule has 0 bridgehead atoms. The first-order chi connectivity index (χ1) is 10.1. The van der Waals surface area contributed by atoms with Gasteiger partial charge in [-0.25, -0.2) is 9.78 Å².